The number of hydrogen-bond donors (Lipinski definition) is 1. The zero-order valence-electron chi connectivity index (χ0n) is 11.5. The Kier molecular flexibility index (Phi) is 4.38. The molecule has 2 rings (SSSR count). The molecule has 1 aliphatic carbocycles. The lowest BCUT2D eigenvalue weighted by molar-refractivity contribution is -0.135. The normalized spacial score (nSPS) is 17.2. The predicted molar refractivity (Wildman–Crippen MR) is 70.9 cm³/mol. The van der Waals surface area contributed by atoms with Gasteiger partial charge in [-0.05, 0) is 30.5 Å². The fourth-order valence-electron chi connectivity index (χ4n) is 2.63. The Balaban J connectivity index is 1.95. The summed E-state index contributed by atoms with van der Waals surface area (Å²) in [5.74, 6) is -2.00. The first-order valence-electron chi connectivity index (χ1n) is 6.80. The van der Waals surface area contributed by atoms with Crippen LogP contribution in [0.1, 0.15) is 37.7 Å². The number of amides is 1. The van der Waals surface area contributed by atoms with Gasteiger partial charge in [-0.25, -0.2) is 8.78 Å². The standard InChI is InChI=1S/C15H19F2NO2/c1-18(10-11-4-5-12(16)13(17)8-11)14(19)9-15(20)6-2-3-7-15/h4-5,8,20H,2-3,6-7,9-10H2,1H3. The van der Waals surface area contributed by atoms with Gasteiger partial charge in [0.2, 0.25) is 5.91 Å². The molecule has 0 aliphatic heterocycles. The zero-order valence-corrected chi connectivity index (χ0v) is 11.5. The molecule has 20 heavy (non-hydrogen) atoms. The molecule has 1 aromatic rings. The number of halogens is 2. The molecule has 1 aromatic carbocycles. The van der Waals surface area contributed by atoms with Gasteiger partial charge in [0, 0.05) is 13.6 Å². The number of hydrogen-bond acceptors (Lipinski definition) is 2. The summed E-state index contributed by atoms with van der Waals surface area (Å²) in [6, 6.07) is 3.59. The average molecular weight is 283 g/mol. The lowest BCUT2D eigenvalue weighted by Crippen LogP contribution is -2.35. The van der Waals surface area contributed by atoms with Crippen LogP contribution in [0, 0.1) is 11.6 Å². The molecular formula is C15H19F2NO2. The van der Waals surface area contributed by atoms with Crippen molar-refractivity contribution in [2.75, 3.05) is 7.05 Å². The van der Waals surface area contributed by atoms with Crippen LogP contribution in [0.3, 0.4) is 0 Å². The zero-order chi connectivity index (χ0) is 14.8. The summed E-state index contributed by atoms with van der Waals surface area (Å²) in [6.07, 6.45) is 3.27. The lowest BCUT2D eigenvalue weighted by Gasteiger charge is -2.25. The molecule has 0 unspecified atom stereocenters. The van der Waals surface area contributed by atoms with E-state index in [-0.39, 0.29) is 18.9 Å². The van der Waals surface area contributed by atoms with Crippen LogP contribution >= 0.6 is 0 Å². The van der Waals surface area contributed by atoms with E-state index in [1.807, 2.05) is 0 Å². The first-order chi connectivity index (χ1) is 9.39. The fraction of sp³-hybridized carbons (Fsp3) is 0.533. The van der Waals surface area contributed by atoms with Crippen molar-refractivity contribution in [2.45, 2.75) is 44.2 Å². The molecule has 1 N–H and O–H groups in total. The monoisotopic (exact) mass is 283 g/mol. The summed E-state index contributed by atoms with van der Waals surface area (Å²) in [5.41, 5.74) is -0.363. The minimum absolute atomic E-state index is 0.0905. The average Bonchev–Trinajstić information content (AvgIpc) is 2.80. The van der Waals surface area contributed by atoms with E-state index in [2.05, 4.69) is 0 Å². The second kappa shape index (κ2) is 5.87. The van der Waals surface area contributed by atoms with E-state index in [0.717, 1.165) is 25.0 Å². The number of rotatable bonds is 4. The van der Waals surface area contributed by atoms with E-state index in [9.17, 15) is 18.7 Å². The van der Waals surface area contributed by atoms with Crippen molar-refractivity contribution < 1.29 is 18.7 Å². The molecule has 0 saturated heterocycles. The maximum absolute atomic E-state index is 13.1. The topological polar surface area (TPSA) is 40.5 Å². The van der Waals surface area contributed by atoms with Crippen molar-refractivity contribution in [1.82, 2.24) is 4.90 Å². The molecule has 1 aliphatic rings. The maximum atomic E-state index is 13.1. The molecule has 0 spiro atoms. The molecular weight excluding hydrogens is 264 g/mol. The van der Waals surface area contributed by atoms with Crippen LogP contribution in [0.4, 0.5) is 8.78 Å². The summed E-state index contributed by atoms with van der Waals surface area (Å²) < 4.78 is 25.9. The van der Waals surface area contributed by atoms with Crippen molar-refractivity contribution in [3.8, 4) is 0 Å². The van der Waals surface area contributed by atoms with E-state index in [1.165, 1.54) is 11.0 Å². The van der Waals surface area contributed by atoms with Gasteiger partial charge in [-0.2, -0.15) is 0 Å². The van der Waals surface area contributed by atoms with Gasteiger partial charge in [0.1, 0.15) is 0 Å². The minimum atomic E-state index is -0.919. The molecule has 0 aromatic heterocycles. The third-order valence-corrected chi connectivity index (χ3v) is 3.84. The summed E-state index contributed by atoms with van der Waals surface area (Å²) in [6.45, 7) is 0.201. The number of carbonyl (C=O) groups is 1. The highest BCUT2D eigenvalue weighted by atomic mass is 19.2. The van der Waals surface area contributed by atoms with Crippen LogP contribution in [-0.2, 0) is 11.3 Å². The highest BCUT2D eigenvalue weighted by molar-refractivity contribution is 5.77. The summed E-state index contributed by atoms with van der Waals surface area (Å²) in [5, 5.41) is 10.2. The van der Waals surface area contributed by atoms with Crippen LogP contribution in [0.25, 0.3) is 0 Å². The van der Waals surface area contributed by atoms with Crippen molar-refractivity contribution in [1.29, 1.82) is 0 Å². The van der Waals surface area contributed by atoms with Gasteiger partial charge in [-0.15, -0.1) is 0 Å². The SMILES string of the molecule is CN(Cc1ccc(F)c(F)c1)C(=O)CC1(O)CCCC1. The van der Waals surface area contributed by atoms with Gasteiger partial charge in [0.25, 0.3) is 0 Å². The van der Waals surface area contributed by atoms with Gasteiger partial charge < -0.3 is 10.0 Å². The molecule has 1 fully saturated rings. The number of aliphatic hydroxyl groups is 1. The molecule has 0 bridgehead atoms. The predicted octanol–water partition coefficient (Wildman–Crippen LogP) is 2.62. The van der Waals surface area contributed by atoms with Gasteiger partial charge in [0.05, 0.1) is 12.0 Å². The molecule has 5 heteroatoms. The highest BCUT2D eigenvalue weighted by Crippen LogP contribution is 2.32. The second-order valence-electron chi connectivity index (χ2n) is 5.61. The van der Waals surface area contributed by atoms with Crippen LogP contribution in [0.2, 0.25) is 0 Å². The van der Waals surface area contributed by atoms with Crippen molar-refractivity contribution in [2.24, 2.45) is 0 Å². The third-order valence-electron chi connectivity index (χ3n) is 3.84. The number of carbonyl (C=O) groups excluding carboxylic acids is 1. The molecule has 110 valence electrons. The number of benzene rings is 1. The van der Waals surface area contributed by atoms with Crippen molar-refractivity contribution in [3.63, 3.8) is 0 Å². The highest BCUT2D eigenvalue weighted by Gasteiger charge is 2.34. The van der Waals surface area contributed by atoms with Gasteiger partial charge in [-0.3, -0.25) is 4.79 Å². The van der Waals surface area contributed by atoms with Crippen LogP contribution in [0.5, 0.6) is 0 Å². The summed E-state index contributed by atoms with van der Waals surface area (Å²) >= 11 is 0. The minimum Gasteiger partial charge on any atom is -0.389 e. The van der Waals surface area contributed by atoms with Crippen molar-refractivity contribution in [3.05, 3.63) is 35.4 Å². The largest absolute Gasteiger partial charge is 0.389 e. The molecule has 1 saturated carbocycles. The van der Waals surface area contributed by atoms with E-state index in [4.69, 9.17) is 0 Å². The second-order valence-corrected chi connectivity index (χ2v) is 5.61. The quantitative estimate of drug-likeness (QED) is 0.922. The van der Waals surface area contributed by atoms with Crippen LogP contribution in [-0.4, -0.2) is 28.6 Å². The first-order valence-corrected chi connectivity index (χ1v) is 6.80. The number of nitrogens with zero attached hydrogens (tertiary/aromatic N) is 1. The Hall–Kier alpha value is -1.49. The first kappa shape index (κ1) is 14.9. The molecule has 3 nitrogen and oxygen atoms in total. The Morgan fingerprint density at radius 2 is 1.95 bits per heavy atom. The smallest absolute Gasteiger partial charge is 0.225 e. The molecule has 0 radical (unpaired) electrons. The van der Waals surface area contributed by atoms with Crippen molar-refractivity contribution >= 4 is 5.91 Å². The fourth-order valence-corrected chi connectivity index (χ4v) is 2.63. The van der Waals surface area contributed by atoms with E-state index in [1.54, 1.807) is 7.05 Å². The Labute approximate surface area is 117 Å². The molecule has 0 atom stereocenters. The van der Waals surface area contributed by atoms with E-state index in [0.29, 0.717) is 18.4 Å². The summed E-state index contributed by atoms with van der Waals surface area (Å²) in [7, 11) is 1.60. The Bertz CT molecular complexity index is 499. The van der Waals surface area contributed by atoms with Crippen LogP contribution in [0.15, 0.2) is 18.2 Å². The Morgan fingerprint density at radius 3 is 2.55 bits per heavy atom. The Morgan fingerprint density at radius 1 is 1.30 bits per heavy atom. The lowest BCUT2D eigenvalue weighted by atomic mass is 9.97. The van der Waals surface area contributed by atoms with Gasteiger partial charge >= 0.3 is 0 Å². The van der Waals surface area contributed by atoms with Gasteiger partial charge in [0.15, 0.2) is 11.6 Å². The van der Waals surface area contributed by atoms with E-state index >= 15 is 0 Å². The van der Waals surface area contributed by atoms with E-state index < -0.39 is 17.2 Å². The molecule has 1 amide bonds. The maximum Gasteiger partial charge on any atom is 0.225 e. The molecule has 0 heterocycles. The third kappa shape index (κ3) is 3.54. The summed E-state index contributed by atoms with van der Waals surface area (Å²) in [4.78, 5) is 13.5. The van der Waals surface area contributed by atoms with Crippen LogP contribution < -0.4 is 0 Å². The van der Waals surface area contributed by atoms with Gasteiger partial charge in [-0.1, -0.05) is 18.9 Å².